The van der Waals surface area contributed by atoms with Crippen LogP contribution in [-0.4, -0.2) is 27.3 Å². The number of ether oxygens (including phenoxy) is 3. The summed E-state index contributed by atoms with van der Waals surface area (Å²) in [6.45, 7) is 0.368. The number of anilines is 1. The highest BCUT2D eigenvalue weighted by Gasteiger charge is 2.15. The molecule has 7 heteroatoms. The Balaban J connectivity index is 0.00000261. The van der Waals surface area contributed by atoms with Crippen molar-refractivity contribution in [2.24, 2.45) is 10.7 Å². The Hall–Kier alpha value is -2.16. The standard InChI is InChI=1S/C20H25N3O3.HI/c1-24-17-10-8-15(18(25-2)19(17)26-3)12-22-20(21)23-16-9-7-13-5-4-6-14(13)11-16;/h7-11H,4-6,12H2,1-3H3,(H3,21,22,23);1H. The number of methoxy groups -OCH3 is 3. The molecule has 0 saturated heterocycles. The third-order valence-electron chi connectivity index (χ3n) is 4.58. The van der Waals surface area contributed by atoms with Gasteiger partial charge in [-0.1, -0.05) is 6.07 Å². The van der Waals surface area contributed by atoms with Gasteiger partial charge >= 0.3 is 0 Å². The summed E-state index contributed by atoms with van der Waals surface area (Å²) < 4.78 is 16.2. The van der Waals surface area contributed by atoms with E-state index in [0.717, 1.165) is 24.1 Å². The Morgan fingerprint density at radius 1 is 1.00 bits per heavy atom. The SMILES string of the molecule is COc1ccc(CN=C(N)Nc2ccc3c(c2)CCC3)c(OC)c1OC.I. The molecule has 2 aromatic rings. The number of fused-ring (bicyclic) bond motifs is 1. The normalized spacial score (nSPS) is 12.8. The summed E-state index contributed by atoms with van der Waals surface area (Å²) in [6.07, 6.45) is 3.52. The molecule has 3 N–H and O–H groups in total. The second-order valence-corrected chi connectivity index (χ2v) is 6.16. The number of aliphatic imine (C=N–C) groups is 1. The maximum absolute atomic E-state index is 6.06. The number of guanidine groups is 1. The van der Waals surface area contributed by atoms with E-state index in [1.165, 1.54) is 17.5 Å². The number of benzene rings is 2. The van der Waals surface area contributed by atoms with Crippen LogP contribution in [0, 0.1) is 0 Å². The van der Waals surface area contributed by atoms with E-state index in [1.54, 1.807) is 21.3 Å². The Kier molecular flexibility index (Phi) is 7.58. The highest BCUT2D eigenvalue weighted by Crippen LogP contribution is 2.39. The predicted octanol–water partition coefficient (Wildman–Crippen LogP) is 3.75. The van der Waals surface area contributed by atoms with E-state index in [0.29, 0.717) is 29.8 Å². The molecule has 0 atom stereocenters. The topological polar surface area (TPSA) is 78.1 Å². The molecule has 146 valence electrons. The summed E-state index contributed by atoms with van der Waals surface area (Å²) in [5, 5.41) is 3.16. The third-order valence-corrected chi connectivity index (χ3v) is 4.58. The lowest BCUT2D eigenvalue weighted by Crippen LogP contribution is -2.22. The molecule has 0 fully saturated rings. The van der Waals surface area contributed by atoms with E-state index in [1.807, 2.05) is 18.2 Å². The highest BCUT2D eigenvalue weighted by molar-refractivity contribution is 14.0. The lowest BCUT2D eigenvalue weighted by atomic mass is 10.1. The quantitative estimate of drug-likeness (QED) is 0.372. The molecule has 1 aliphatic rings. The van der Waals surface area contributed by atoms with Gasteiger partial charge in [0.05, 0.1) is 27.9 Å². The number of rotatable bonds is 6. The van der Waals surface area contributed by atoms with Gasteiger partial charge in [0.25, 0.3) is 0 Å². The van der Waals surface area contributed by atoms with Gasteiger partial charge in [0.15, 0.2) is 17.5 Å². The van der Waals surface area contributed by atoms with Crippen LogP contribution in [0.4, 0.5) is 5.69 Å². The van der Waals surface area contributed by atoms with Crippen LogP contribution in [0.1, 0.15) is 23.1 Å². The van der Waals surface area contributed by atoms with E-state index in [-0.39, 0.29) is 24.0 Å². The lowest BCUT2D eigenvalue weighted by molar-refractivity contribution is 0.322. The van der Waals surface area contributed by atoms with E-state index in [9.17, 15) is 0 Å². The zero-order valence-corrected chi connectivity index (χ0v) is 18.2. The number of halogens is 1. The van der Waals surface area contributed by atoms with Gasteiger partial charge in [-0.25, -0.2) is 4.99 Å². The number of hydrogen-bond donors (Lipinski definition) is 2. The Labute approximate surface area is 177 Å². The van der Waals surface area contributed by atoms with E-state index < -0.39 is 0 Å². The Morgan fingerprint density at radius 2 is 1.74 bits per heavy atom. The summed E-state index contributed by atoms with van der Waals surface area (Å²) in [5.41, 5.74) is 10.7. The van der Waals surface area contributed by atoms with Gasteiger partial charge in [0.1, 0.15) is 0 Å². The molecular formula is C20H26IN3O3. The molecule has 3 rings (SSSR count). The van der Waals surface area contributed by atoms with Crippen molar-refractivity contribution in [1.29, 1.82) is 0 Å². The fourth-order valence-electron chi connectivity index (χ4n) is 3.30. The summed E-state index contributed by atoms with van der Waals surface area (Å²) in [4.78, 5) is 4.43. The van der Waals surface area contributed by atoms with Crippen LogP contribution in [0.5, 0.6) is 17.2 Å². The van der Waals surface area contributed by atoms with Gasteiger partial charge in [-0.05, 0) is 54.7 Å². The molecule has 27 heavy (non-hydrogen) atoms. The number of nitrogens with two attached hydrogens (primary N) is 1. The number of nitrogens with one attached hydrogen (secondary N) is 1. The lowest BCUT2D eigenvalue weighted by Gasteiger charge is -2.15. The first-order valence-electron chi connectivity index (χ1n) is 8.63. The molecule has 1 aliphatic carbocycles. The van der Waals surface area contributed by atoms with Crippen LogP contribution in [0.15, 0.2) is 35.3 Å². The van der Waals surface area contributed by atoms with Gasteiger partial charge < -0.3 is 25.3 Å². The molecule has 0 bridgehead atoms. The zero-order chi connectivity index (χ0) is 18.5. The molecule has 6 nitrogen and oxygen atoms in total. The smallest absolute Gasteiger partial charge is 0.203 e. The van der Waals surface area contributed by atoms with Crippen LogP contribution >= 0.6 is 24.0 Å². The first-order chi connectivity index (χ1) is 12.7. The van der Waals surface area contributed by atoms with Crippen molar-refractivity contribution in [2.75, 3.05) is 26.6 Å². The minimum atomic E-state index is 0. The van der Waals surface area contributed by atoms with Crippen LogP contribution < -0.4 is 25.3 Å². The van der Waals surface area contributed by atoms with Crippen LogP contribution in [0.3, 0.4) is 0 Å². The maximum Gasteiger partial charge on any atom is 0.203 e. The monoisotopic (exact) mass is 483 g/mol. The van der Waals surface area contributed by atoms with Crippen molar-refractivity contribution in [1.82, 2.24) is 0 Å². The third kappa shape index (κ3) is 4.77. The zero-order valence-electron chi connectivity index (χ0n) is 15.9. The molecule has 2 aromatic carbocycles. The van der Waals surface area contributed by atoms with Gasteiger partial charge in [0.2, 0.25) is 5.75 Å². The average molecular weight is 483 g/mol. The van der Waals surface area contributed by atoms with E-state index in [2.05, 4.69) is 22.4 Å². The molecule has 0 aliphatic heterocycles. The molecule has 0 radical (unpaired) electrons. The number of aryl methyl sites for hydroxylation is 2. The second-order valence-electron chi connectivity index (χ2n) is 6.16. The van der Waals surface area contributed by atoms with Crippen LogP contribution in [0.2, 0.25) is 0 Å². The Morgan fingerprint density at radius 3 is 2.44 bits per heavy atom. The summed E-state index contributed by atoms with van der Waals surface area (Å²) in [5.74, 6) is 2.12. The highest BCUT2D eigenvalue weighted by atomic mass is 127. The largest absolute Gasteiger partial charge is 0.493 e. The summed E-state index contributed by atoms with van der Waals surface area (Å²) in [6, 6.07) is 10.1. The van der Waals surface area contributed by atoms with Crippen molar-refractivity contribution in [3.05, 3.63) is 47.0 Å². The van der Waals surface area contributed by atoms with Crippen molar-refractivity contribution in [2.45, 2.75) is 25.8 Å². The Bertz CT molecular complexity index is 824. The molecule has 0 amide bonds. The minimum Gasteiger partial charge on any atom is -0.493 e. The summed E-state index contributed by atoms with van der Waals surface area (Å²) in [7, 11) is 4.77. The summed E-state index contributed by atoms with van der Waals surface area (Å²) >= 11 is 0. The maximum atomic E-state index is 6.06. The van der Waals surface area contributed by atoms with Gasteiger partial charge in [-0.3, -0.25) is 0 Å². The van der Waals surface area contributed by atoms with Crippen molar-refractivity contribution in [3.8, 4) is 17.2 Å². The number of nitrogens with zero attached hydrogens (tertiary/aromatic N) is 1. The molecule has 0 aromatic heterocycles. The number of hydrogen-bond acceptors (Lipinski definition) is 4. The van der Waals surface area contributed by atoms with Crippen molar-refractivity contribution < 1.29 is 14.2 Å². The van der Waals surface area contributed by atoms with E-state index >= 15 is 0 Å². The van der Waals surface area contributed by atoms with Gasteiger partial charge in [-0.2, -0.15) is 0 Å². The fraction of sp³-hybridized carbons (Fsp3) is 0.350. The second kappa shape index (κ2) is 9.68. The average Bonchev–Trinajstić information content (AvgIpc) is 3.13. The van der Waals surface area contributed by atoms with Crippen molar-refractivity contribution in [3.63, 3.8) is 0 Å². The molecule has 0 heterocycles. The van der Waals surface area contributed by atoms with Gasteiger partial charge in [0, 0.05) is 11.3 Å². The molecule has 0 unspecified atom stereocenters. The first-order valence-corrected chi connectivity index (χ1v) is 8.63. The first kappa shape index (κ1) is 21.1. The van der Waals surface area contributed by atoms with Crippen LogP contribution in [-0.2, 0) is 19.4 Å². The van der Waals surface area contributed by atoms with Crippen molar-refractivity contribution >= 4 is 35.6 Å². The van der Waals surface area contributed by atoms with E-state index in [4.69, 9.17) is 19.9 Å². The fourth-order valence-corrected chi connectivity index (χ4v) is 3.30. The molecule has 0 saturated carbocycles. The van der Waals surface area contributed by atoms with Gasteiger partial charge in [-0.15, -0.1) is 24.0 Å². The molecule has 0 spiro atoms. The minimum absolute atomic E-state index is 0. The van der Waals surface area contributed by atoms with Crippen LogP contribution in [0.25, 0.3) is 0 Å². The predicted molar refractivity (Wildman–Crippen MR) is 119 cm³/mol. The molecular weight excluding hydrogens is 457 g/mol.